The van der Waals surface area contributed by atoms with Crippen LogP contribution >= 0.6 is 23.6 Å². The minimum Gasteiger partial charge on any atom is -0.389 e. The highest BCUT2D eigenvalue weighted by Crippen LogP contribution is 2.25. The molecule has 0 saturated heterocycles. The van der Waals surface area contributed by atoms with E-state index in [1.165, 1.54) is 0 Å². The third-order valence-corrected chi connectivity index (χ3v) is 4.22. The van der Waals surface area contributed by atoms with Crippen LogP contribution in [0, 0.1) is 0 Å². The first-order valence-corrected chi connectivity index (χ1v) is 7.84. The van der Waals surface area contributed by atoms with Gasteiger partial charge in [-0.15, -0.1) is 11.3 Å². The van der Waals surface area contributed by atoms with Crippen molar-refractivity contribution in [2.75, 3.05) is 11.9 Å². The number of hydrogen-bond donors (Lipinski definition) is 2. The van der Waals surface area contributed by atoms with Crippen molar-refractivity contribution in [1.82, 2.24) is 9.97 Å². The monoisotopic (exact) mass is 314 g/mol. The summed E-state index contributed by atoms with van der Waals surface area (Å²) in [6.45, 7) is 0.775. The van der Waals surface area contributed by atoms with Gasteiger partial charge in [0.1, 0.15) is 4.99 Å². The molecule has 0 bridgehead atoms. The molecule has 2 heterocycles. The number of nitrogens with one attached hydrogen (secondary N) is 1. The van der Waals surface area contributed by atoms with E-state index in [1.54, 1.807) is 17.5 Å². The summed E-state index contributed by atoms with van der Waals surface area (Å²) in [5.74, 6) is 0. The van der Waals surface area contributed by atoms with E-state index in [9.17, 15) is 0 Å². The number of benzene rings is 1. The molecule has 0 saturated carbocycles. The molecule has 0 spiro atoms. The largest absolute Gasteiger partial charge is 0.389 e. The molecule has 21 heavy (non-hydrogen) atoms. The summed E-state index contributed by atoms with van der Waals surface area (Å²) in [4.78, 5) is 9.04. The lowest BCUT2D eigenvalue weighted by molar-refractivity contribution is 0.999. The Labute approximate surface area is 132 Å². The van der Waals surface area contributed by atoms with Crippen LogP contribution in [-0.2, 0) is 6.42 Å². The number of thiocarbonyl (C=S) groups is 1. The van der Waals surface area contributed by atoms with E-state index in [2.05, 4.69) is 15.3 Å². The average Bonchev–Trinajstić information content (AvgIpc) is 3.00. The Balaban J connectivity index is 1.90. The van der Waals surface area contributed by atoms with Crippen LogP contribution in [0.3, 0.4) is 0 Å². The lowest BCUT2D eigenvalue weighted by atomic mass is 10.1. The van der Waals surface area contributed by atoms with Gasteiger partial charge in [0.25, 0.3) is 0 Å². The van der Waals surface area contributed by atoms with Gasteiger partial charge >= 0.3 is 0 Å². The lowest BCUT2D eigenvalue weighted by Crippen LogP contribution is -2.15. The standard InChI is InChI=1S/C15H14N4S2/c16-15(20)11-9-19-12-4-2-1-3-10(12)14(11)18-6-5-13-17-7-8-21-13/h1-4,7-9H,5-6H2,(H2,16,20)(H,18,19). The van der Waals surface area contributed by atoms with E-state index in [1.807, 2.05) is 35.8 Å². The molecule has 1 aromatic carbocycles. The first kappa shape index (κ1) is 13.9. The summed E-state index contributed by atoms with van der Waals surface area (Å²) in [6, 6.07) is 7.95. The van der Waals surface area contributed by atoms with Gasteiger partial charge < -0.3 is 11.1 Å². The van der Waals surface area contributed by atoms with Crippen LogP contribution in [-0.4, -0.2) is 21.5 Å². The predicted octanol–water partition coefficient (Wildman–Crippen LogP) is 2.98. The normalized spacial score (nSPS) is 10.7. The fourth-order valence-corrected chi connectivity index (χ4v) is 2.96. The minimum absolute atomic E-state index is 0.352. The molecule has 3 N–H and O–H groups in total. The number of para-hydroxylation sites is 1. The molecule has 0 aliphatic carbocycles. The van der Waals surface area contributed by atoms with Crippen LogP contribution in [0.15, 0.2) is 42.0 Å². The number of nitrogens with zero attached hydrogens (tertiary/aromatic N) is 2. The predicted molar refractivity (Wildman–Crippen MR) is 91.9 cm³/mol. The van der Waals surface area contributed by atoms with E-state index in [-0.39, 0.29) is 0 Å². The SMILES string of the molecule is NC(=S)c1cnc2ccccc2c1NCCc1nccs1. The molecule has 3 rings (SSSR count). The number of pyridine rings is 1. The third kappa shape index (κ3) is 3.01. The first-order chi connectivity index (χ1) is 10.3. The topological polar surface area (TPSA) is 63.8 Å². The van der Waals surface area contributed by atoms with Gasteiger partial charge in [-0.05, 0) is 6.07 Å². The van der Waals surface area contributed by atoms with Gasteiger partial charge in [-0.2, -0.15) is 0 Å². The van der Waals surface area contributed by atoms with Gasteiger partial charge in [0, 0.05) is 36.1 Å². The first-order valence-electron chi connectivity index (χ1n) is 6.55. The van der Waals surface area contributed by atoms with E-state index < -0.39 is 0 Å². The summed E-state index contributed by atoms with van der Waals surface area (Å²) in [5.41, 5.74) is 8.47. The number of aromatic nitrogens is 2. The molecule has 0 atom stereocenters. The van der Waals surface area contributed by atoms with Crippen molar-refractivity contribution in [3.63, 3.8) is 0 Å². The van der Waals surface area contributed by atoms with E-state index in [0.717, 1.165) is 40.1 Å². The quantitative estimate of drug-likeness (QED) is 0.709. The molecule has 0 aliphatic heterocycles. The molecule has 0 radical (unpaired) electrons. The maximum Gasteiger partial charge on any atom is 0.107 e. The van der Waals surface area contributed by atoms with Crippen molar-refractivity contribution >= 4 is 45.1 Å². The Kier molecular flexibility index (Phi) is 4.08. The number of hydrogen-bond acceptors (Lipinski definition) is 5. The number of anilines is 1. The average molecular weight is 314 g/mol. The summed E-state index contributed by atoms with van der Waals surface area (Å²) in [5, 5.41) is 7.56. The molecule has 0 aliphatic rings. The number of thiazole rings is 1. The van der Waals surface area contributed by atoms with E-state index >= 15 is 0 Å². The fourth-order valence-electron chi connectivity index (χ4n) is 2.19. The van der Waals surface area contributed by atoms with Crippen LogP contribution in [0.25, 0.3) is 10.9 Å². The summed E-state index contributed by atoms with van der Waals surface area (Å²) >= 11 is 6.79. The molecule has 6 heteroatoms. The van der Waals surface area contributed by atoms with Gasteiger partial charge in [0.2, 0.25) is 0 Å². The van der Waals surface area contributed by atoms with Crippen LogP contribution in [0.1, 0.15) is 10.6 Å². The zero-order valence-corrected chi connectivity index (χ0v) is 12.9. The molecule has 3 aromatic rings. The smallest absolute Gasteiger partial charge is 0.107 e. The summed E-state index contributed by atoms with van der Waals surface area (Å²) in [6.07, 6.45) is 4.42. The molecule has 2 aromatic heterocycles. The summed E-state index contributed by atoms with van der Waals surface area (Å²) < 4.78 is 0. The molecule has 0 amide bonds. The van der Waals surface area contributed by atoms with Crippen LogP contribution in [0.5, 0.6) is 0 Å². The van der Waals surface area contributed by atoms with Crippen molar-refractivity contribution in [2.24, 2.45) is 5.73 Å². The molecule has 106 valence electrons. The Bertz CT molecular complexity index is 768. The molecular formula is C15H14N4S2. The van der Waals surface area contributed by atoms with Crippen LogP contribution < -0.4 is 11.1 Å². The van der Waals surface area contributed by atoms with E-state index in [4.69, 9.17) is 18.0 Å². The van der Waals surface area contributed by atoms with Gasteiger partial charge in [-0.1, -0.05) is 30.4 Å². The second-order valence-corrected chi connectivity index (χ2v) is 5.95. The van der Waals surface area contributed by atoms with Crippen LogP contribution in [0.4, 0.5) is 5.69 Å². The number of fused-ring (bicyclic) bond motifs is 1. The van der Waals surface area contributed by atoms with Crippen LogP contribution in [0.2, 0.25) is 0 Å². The zero-order valence-electron chi connectivity index (χ0n) is 11.2. The lowest BCUT2D eigenvalue weighted by Gasteiger charge is -2.13. The number of rotatable bonds is 5. The Morgan fingerprint density at radius 2 is 2.14 bits per heavy atom. The Morgan fingerprint density at radius 3 is 2.90 bits per heavy atom. The van der Waals surface area contributed by atoms with Crippen molar-refractivity contribution in [3.05, 3.63) is 52.6 Å². The molecule has 0 fully saturated rings. The highest BCUT2D eigenvalue weighted by Gasteiger charge is 2.10. The Hall–Kier alpha value is -2.05. The second kappa shape index (κ2) is 6.15. The summed E-state index contributed by atoms with van der Waals surface area (Å²) in [7, 11) is 0. The molecular weight excluding hydrogens is 300 g/mol. The second-order valence-electron chi connectivity index (χ2n) is 4.53. The van der Waals surface area contributed by atoms with Crippen molar-refractivity contribution in [1.29, 1.82) is 0 Å². The van der Waals surface area contributed by atoms with Crippen molar-refractivity contribution < 1.29 is 0 Å². The molecule has 4 nitrogen and oxygen atoms in total. The highest BCUT2D eigenvalue weighted by atomic mass is 32.1. The van der Waals surface area contributed by atoms with E-state index in [0.29, 0.717) is 4.99 Å². The third-order valence-electron chi connectivity index (χ3n) is 3.17. The van der Waals surface area contributed by atoms with Gasteiger partial charge in [0.15, 0.2) is 0 Å². The zero-order chi connectivity index (χ0) is 14.7. The fraction of sp³-hybridized carbons (Fsp3) is 0.133. The highest BCUT2D eigenvalue weighted by molar-refractivity contribution is 7.80. The maximum atomic E-state index is 5.81. The van der Waals surface area contributed by atoms with Gasteiger partial charge in [-0.3, -0.25) is 4.98 Å². The van der Waals surface area contributed by atoms with Crippen molar-refractivity contribution in [2.45, 2.75) is 6.42 Å². The maximum absolute atomic E-state index is 5.81. The number of nitrogens with two attached hydrogens (primary N) is 1. The van der Waals surface area contributed by atoms with Gasteiger partial charge in [-0.25, -0.2) is 4.98 Å². The minimum atomic E-state index is 0.352. The van der Waals surface area contributed by atoms with Crippen molar-refractivity contribution in [3.8, 4) is 0 Å². The Morgan fingerprint density at radius 1 is 1.29 bits per heavy atom. The van der Waals surface area contributed by atoms with Gasteiger partial charge in [0.05, 0.1) is 21.8 Å². The molecule has 0 unspecified atom stereocenters.